The van der Waals surface area contributed by atoms with E-state index < -0.39 is 17.4 Å². The van der Waals surface area contributed by atoms with Gasteiger partial charge in [-0.05, 0) is 36.0 Å². The molecule has 0 aliphatic rings. The highest BCUT2D eigenvalue weighted by molar-refractivity contribution is 5.98. The Balaban J connectivity index is 2.50. The minimum absolute atomic E-state index is 0.0483. The number of para-hydroxylation sites is 1. The first-order chi connectivity index (χ1) is 12.9. The molecule has 0 atom stereocenters. The first-order valence-electron chi connectivity index (χ1n) is 8.91. The highest BCUT2D eigenvalue weighted by atomic mass is 19.4. The molecule has 1 aromatic heterocycles. The third kappa shape index (κ3) is 3.40. The van der Waals surface area contributed by atoms with Crippen LogP contribution in [0.25, 0.3) is 22.0 Å². The maximum absolute atomic E-state index is 14.0. The Morgan fingerprint density at radius 2 is 1.63 bits per heavy atom. The van der Waals surface area contributed by atoms with E-state index in [1.165, 1.54) is 0 Å². The first-order valence-corrected chi connectivity index (χ1v) is 8.91. The normalized spacial score (nSPS) is 11.7. The summed E-state index contributed by atoms with van der Waals surface area (Å²) in [5.74, 6) is 0.139. The Morgan fingerprint density at radius 3 is 2.26 bits per heavy atom. The lowest BCUT2D eigenvalue weighted by molar-refractivity contribution is -0.137. The first kappa shape index (κ1) is 18.9. The fourth-order valence-electron chi connectivity index (χ4n) is 3.66. The minimum atomic E-state index is -4.68. The van der Waals surface area contributed by atoms with Gasteiger partial charge in [-0.15, -0.1) is 0 Å². The summed E-state index contributed by atoms with van der Waals surface area (Å²) in [5.41, 5.74) is 0.281. The highest BCUT2D eigenvalue weighted by Crippen LogP contribution is 2.45. The van der Waals surface area contributed by atoms with E-state index >= 15 is 0 Å². The average Bonchev–Trinajstić information content (AvgIpc) is 2.67. The maximum atomic E-state index is 14.0. The van der Waals surface area contributed by atoms with Gasteiger partial charge in [0.1, 0.15) is 11.6 Å². The SMILES string of the molecule is CCC(CC)c1ccccc1-c1c(C(F)(F)F)c(C#N)nc2ccccc12. The van der Waals surface area contributed by atoms with Gasteiger partial charge in [0.05, 0.1) is 5.52 Å². The molecule has 0 saturated carbocycles. The lowest BCUT2D eigenvalue weighted by atomic mass is 9.84. The topological polar surface area (TPSA) is 36.7 Å². The Kier molecular flexibility index (Phi) is 5.18. The Bertz CT molecular complexity index is 1010. The molecule has 0 fully saturated rings. The predicted octanol–water partition coefficient (Wildman–Crippen LogP) is 6.70. The van der Waals surface area contributed by atoms with Gasteiger partial charge in [0.2, 0.25) is 0 Å². The van der Waals surface area contributed by atoms with Crippen LogP contribution in [0.1, 0.15) is 49.4 Å². The van der Waals surface area contributed by atoms with Crippen molar-refractivity contribution in [1.82, 2.24) is 4.98 Å². The quantitative estimate of drug-likeness (QED) is 0.514. The van der Waals surface area contributed by atoms with Crippen molar-refractivity contribution in [3.8, 4) is 17.2 Å². The number of nitriles is 1. The summed E-state index contributed by atoms with van der Waals surface area (Å²) in [6.45, 7) is 4.06. The summed E-state index contributed by atoms with van der Waals surface area (Å²) >= 11 is 0. The van der Waals surface area contributed by atoms with Gasteiger partial charge in [-0.1, -0.05) is 56.3 Å². The molecule has 0 spiro atoms. The zero-order chi connectivity index (χ0) is 19.6. The van der Waals surface area contributed by atoms with Crippen LogP contribution in [-0.4, -0.2) is 4.98 Å². The fourth-order valence-corrected chi connectivity index (χ4v) is 3.66. The molecule has 0 aliphatic heterocycles. The number of alkyl halides is 3. The van der Waals surface area contributed by atoms with Gasteiger partial charge in [0.25, 0.3) is 0 Å². The van der Waals surface area contributed by atoms with E-state index in [1.54, 1.807) is 42.5 Å². The summed E-state index contributed by atoms with van der Waals surface area (Å²) < 4.78 is 42.0. The molecule has 0 N–H and O–H groups in total. The minimum Gasteiger partial charge on any atom is -0.236 e. The summed E-state index contributed by atoms with van der Waals surface area (Å²) in [5, 5.41) is 9.78. The molecule has 138 valence electrons. The molecule has 0 unspecified atom stereocenters. The number of pyridine rings is 1. The summed E-state index contributed by atoms with van der Waals surface area (Å²) in [6.07, 6.45) is -3.04. The Morgan fingerprint density at radius 1 is 1.00 bits per heavy atom. The van der Waals surface area contributed by atoms with Gasteiger partial charge < -0.3 is 0 Å². The van der Waals surface area contributed by atoms with Crippen molar-refractivity contribution in [1.29, 1.82) is 5.26 Å². The summed E-state index contributed by atoms with van der Waals surface area (Å²) in [6, 6.07) is 15.5. The van der Waals surface area contributed by atoms with Gasteiger partial charge in [0.15, 0.2) is 5.69 Å². The van der Waals surface area contributed by atoms with Crippen LogP contribution in [-0.2, 0) is 6.18 Å². The van der Waals surface area contributed by atoms with E-state index in [2.05, 4.69) is 4.98 Å². The molecule has 0 bridgehead atoms. The lowest BCUT2D eigenvalue weighted by Crippen LogP contribution is -2.13. The van der Waals surface area contributed by atoms with E-state index in [0.29, 0.717) is 16.5 Å². The molecule has 0 amide bonds. The van der Waals surface area contributed by atoms with E-state index in [0.717, 1.165) is 18.4 Å². The largest absolute Gasteiger partial charge is 0.419 e. The molecular weight excluding hydrogens is 349 g/mol. The Labute approximate surface area is 156 Å². The second kappa shape index (κ2) is 7.40. The average molecular weight is 368 g/mol. The van der Waals surface area contributed by atoms with Gasteiger partial charge in [-0.2, -0.15) is 18.4 Å². The van der Waals surface area contributed by atoms with Crippen LogP contribution < -0.4 is 0 Å². The van der Waals surface area contributed by atoms with Crippen molar-refractivity contribution in [2.24, 2.45) is 0 Å². The third-order valence-corrected chi connectivity index (χ3v) is 4.94. The van der Waals surface area contributed by atoms with Crippen LogP contribution >= 0.6 is 0 Å². The molecule has 27 heavy (non-hydrogen) atoms. The van der Waals surface area contributed by atoms with E-state index in [9.17, 15) is 18.4 Å². The van der Waals surface area contributed by atoms with Crippen molar-refractivity contribution in [2.75, 3.05) is 0 Å². The van der Waals surface area contributed by atoms with Gasteiger partial charge in [-0.25, -0.2) is 4.98 Å². The van der Waals surface area contributed by atoms with Gasteiger partial charge >= 0.3 is 6.18 Å². The van der Waals surface area contributed by atoms with Crippen LogP contribution in [0.3, 0.4) is 0 Å². The third-order valence-electron chi connectivity index (χ3n) is 4.94. The van der Waals surface area contributed by atoms with Crippen LogP contribution in [0.2, 0.25) is 0 Å². The number of benzene rings is 2. The molecule has 3 rings (SSSR count). The zero-order valence-corrected chi connectivity index (χ0v) is 15.1. The van der Waals surface area contributed by atoms with Gasteiger partial charge in [-0.3, -0.25) is 0 Å². The number of nitrogens with zero attached hydrogens (tertiary/aromatic N) is 2. The number of aromatic nitrogens is 1. The van der Waals surface area contributed by atoms with Crippen molar-refractivity contribution >= 4 is 10.9 Å². The summed E-state index contributed by atoms with van der Waals surface area (Å²) in [4.78, 5) is 3.98. The van der Waals surface area contributed by atoms with Crippen LogP contribution in [0.4, 0.5) is 13.2 Å². The van der Waals surface area contributed by atoms with Crippen molar-refractivity contribution in [2.45, 2.75) is 38.8 Å². The number of rotatable bonds is 4. The van der Waals surface area contributed by atoms with Crippen molar-refractivity contribution in [3.05, 3.63) is 65.4 Å². The predicted molar refractivity (Wildman–Crippen MR) is 100 cm³/mol. The van der Waals surface area contributed by atoms with Gasteiger partial charge in [0, 0.05) is 10.9 Å². The number of hydrogen-bond acceptors (Lipinski definition) is 2. The summed E-state index contributed by atoms with van der Waals surface area (Å²) in [7, 11) is 0. The van der Waals surface area contributed by atoms with Crippen LogP contribution in [0.5, 0.6) is 0 Å². The molecular formula is C22H19F3N2. The van der Waals surface area contributed by atoms with E-state index in [1.807, 2.05) is 26.0 Å². The second-order valence-corrected chi connectivity index (χ2v) is 6.44. The maximum Gasteiger partial charge on any atom is 0.419 e. The number of halogens is 3. The fraction of sp³-hybridized carbons (Fsp3) is 0.273. The van der Waals surface area contributed by atoms with Crippen LogP contribution in [0, 0.1) is 11.3 Å². The molecule has 2 nitrogen and oxygen atoms in total. The highest BCUT2D eigenvalue weighted by Gasteiger charge is 2.39. The second-order valence-electron chi connectivity index (χ2n) is 6.44. The van der Waals surface area contributed by atoms with Crippen molar-refractivity contribution < 1.29 is 13.2 Å². The van der Waals surface area contributed by atoms with Crippen LogP contribution in [0.15, 0.2) is 48.5 Å². The van der Waals surface area contributed by atoms with Crippen molar-refractivity contribution in [3.63, 3.8) is 0 Å². The smallest absolute Gasteiger partial charge is 0.236 e. The molecule has 3 aromatic rings. The number of fused-ring (bicyclic) bond motifs is 1. The zero-order valence-electron chi connectivity index (χ0n) is 15.1. The molecule has 1 heterocycles. The van der Waals surface area contributed by atoms with E-state index in [-0.39, 0.29) is 11.5 Å². The standard InChI is InChI=1S/C22H19F3N2/c1-3-14(4-2)15-9-5-6-10-16(15)20-17-11-7-8-12-18(17)27-19(13-26)21(20)22(23,24)25/h5-12,14H,3-4H2,1-2H3. The van der Waals surface area contributed by atoms with E-state index in [4.69, 9.17) is 0 Å². The molecule has 5 heteroatoms. The molecule has 0 aliphatic carbocycles. The monoisotopic (exact) mass is 368 g/mol. The molecule has 0 saturated heterocycles. The lowest BCUT2D eigenvalue weighted by Gasteiger charge is -2.22. The molecule has 0 radical (unpaired) electrons. The number of hydrogen-bond donors (Lipinski definition) is 0. The molecule has 2 aromatic carbocycles. The Hall–Kier alpha value is -2.87.